The summed E-state index contributed by atoms with van der Waals surface area (Å²) < 4.78 is 5.51. The molecular weight excluding hydrogens is 454 g/mol. The minimum Gasteiger partial charge on any atom is -0.480 e. The van der Waals surface area contributed by atoms with E-state index in [1.807, 2.05) is 24.3 Å². The van der Waals surface area contributed by atoms with E-state index in [0.717, 1.165) is 28.7 Å². The van der Waals surface area contributed by atoms with Gasteiger partial charge in [-0.25, -0.2) is 14.6 Å². The summed E-state index contributed by atoms with van der Waals surface area (Å²) in [6.07, 6.45) is 1.02. The van der Waals surface area contributed by atoms with E-state index in [2.05, 4.69) is 39.9 Å². The minimum atomic E-state index is -1.19. The van der Waals surface area contributed by atoms with Crippen LogP contribution >= 0.6 is 11.3 Å². The molecule has 0 radical (unpaired) electrons. The number of carboxylic acids is 1. The molecule has 1 heterocycles. The zero-order valence-electron chi connectivity index (χ0n) is 18.2. The molecule has 8 nitrogen and oxygen atoms in total. The van der Waals surface area contributed by atoms with Crippen LogP contribution in [0.2, 0.25) is 0 Å². The zero-order valence-corrected chi connectivity index (χ0v) is 19.1. The number of carboxylic acid groups (broad SMARTS) is 1. The van der Waals surface area contributed by atoms with Gasteiger partial charge in [0.25, 0.3) is 5.91 Å². The van der Waals surface area contributed by atoms with Crippen LogP contribution in [-0.4, -0.2) is 40.2 Å². The second kappa shape index (κ2) is 8.90. The lowest BCUT2D eigenvalue weighted by molar-refractivity contribution is -0.148. The lowest BCUT2D eigenvalue weighted by atomic mass is 9.76. The maximum atomic E-state index is 12.4. The van der Waals surface area contributed by atoms with E-state index in [4.69, 9.17) is 4.74 Å². The van der Waals surface area contributed by atoms with E-state index in [-0.39, 0.29) is 24.8 Å². The van der Waals surface area contributed by atoms with Gasteiger partial charge in [0.05, 0.1) is 6.54 Å². The number of hydrogen-bond acceptors (Lipinski definition) is 6. The van der Waals surface area contributed by atoms with Crippen LogP contribution in [0.4, 0.5) is 4.79 Å². The molecule has 1 fully saturated rings. The molecular formula is C25H23N3O5S. The predicted octanol–water partition coefficient (Wildman–Crippen LogP) is 3.92. The molecule has 1 saturated carbocycles. The number of aliphatic carboxylic acids is 1. The number of alkyl carbamates (subject to hydrolysis) is 1. The number of fused-ring (bicyclic) bond motifs is 3. The number of carbonyl (C=O) groups excluding carboxylic acids is 2. The first-order valence-electron chi connectivity index (χ1n) is 11.1. The lowest BCUT2D eigenvalue weighted by Gasteiger charge is -2.37. The van der Waals surface area contributed by atoms with Crippen molar-refractivity contribution in [1.29, 1.82) is 0 Å². The zero-order chi connectivity index (χ0) is 23.7. The number of amides is 2. The summed E-state index contributed by atoms with van der Waals surface area (Å²) in [7, 11) is 0. The van der Waals surface area contributed by atoms with Gasteiger partial charge in [-0.2, -0.15) is 0 Å². The van der Waals surface area contributed by atoms with Crippen LogP contribution in [0.25, 0.3) is 11.1 Å². The van der Waals surface area contributed by atoms with E-state index < -0.39 is 23.5 Å². The summed E-state index contributed by atoms with van der Waals surface area (Å²) in [5.41, 5.74) is 3.54. The lowest BCUT2D eigenvalue weighted by Crippen LogP contribution is -2.59. The molecule has 0 atom stereocenters. The molecule has 0 bridgehead atoms. The Hall–Kier alpha value is -3.72. The SMILES string of the molecule is O=C(NCc1nc(C(=O)NC2(C(=O)O)CCC2)cs1)OCC1c2ccccc2-c2ccccc21. The molecule has 9 heteroatoms. The molecule has 174 valence electrons. The van der Waals surface area contributed by atoms with Crippen molar-refractivity contribution in [3.8, 4) is 11.1 Å². The van der Waals surface area contributed by atoms with E-state index in [1.54, 1.807) is 5.38 Å². The Bertz CT molecular complexity index is 1220. The molecule has 34 heavy (non-hydrogen) atoms. The largest absolute Gasteiger partial charge is 0.480 e. The monoisotopic (exact) mass is 477 g/mol. The highest BCUT2D eigenvalue weighted by Gasteiger charge is 2.46. The number of ether oxygens (including phenoxy) is 1. The van der Waals surface area contributed by atoms with Crippen LogP contribution < -0.4 is 10.6 Å². The van der Waals surface area contributed by atoms with Gasteiger partial charge in [0.1, 0.15) is 22.8 Å². The molecule has 2 aliphatic carbocycles. The number of aromatic nitrogens is 1. The van der Waals surface area contributed by atoms with Gasteiger partial charge in [-0.15, -0.1) is 11.3 Å². The number of carbonyl (C=O) groups is 3. The van der Waals surface area contributed by atoms with Gasteiger partial charge in [0.2, 0.25) is 0 Å². The second-order valence-electron chi connectivity index (χ2n) is 8.50. The number of hydrogen-bond donors (Lipinski definition) is 3. The minimum absolute atomic E-state index is 0.0265. The van der Waals surface area contributed by atoms with Crippen LogP contribution in [0.3, 0.4) is 0 Å². The van der Waals surface area contributed by atoms with E-state index in [1.165, 1.54) is 11.3 Å². The van der Waals surface area contributed by atoms with E-state index in [9.17, 15) is 19.5 Å². The first-order chi connectivity index (χ1) is 16.5. The number of rotatable bonds is 7. The smallest absolute Gasteiger partial charge is 0.407 e. The van der Waals surface area contributed by atoms with Gasteiger partial charge in [-0.1, -0.05) is 48.5 Å². The second-order valence-corrected chi connectivity index (χ2v) is 9.44. The molecule has 2 aromatic carbocycles. The van der Waals surface area contributed by atoms with Crippen molar-refractivity contribution in [3.63, 3.8) is 0 Å². The number of nitrogens with one attached hydrogen (secondary N) is 2. The third-order valence-corrected chi connectivity index (χ3v) is 7.33. The van der Waals surface area contributed by atoms with Crippen LogP contribution in [-0.2, 0) is 16.1 Å². The summed E-state index contributed by atoms with van der Waals surface area (Å²) in [6.45, 7) is 0.321. The van der Waals surface area contributed by atoms with Gasteiger partial charge >= 0.3 is 12.1 Å². The maximum absolute atomic E-state index is 12.4. The van der Waals surface area contributed by atoms with Gasteiger partial charge in [0.15, 0.2) is 0 Å². The normalized spacial score (nSPS) is 15.5. The molecule has 1 aromatic heterocycles. The summed E-state index contributed by atoms with van der Waals surface area (Å²) in [5.74, 6) is -1.58. The van der Waals surface area contributed by atoms with Gasteiger partial charge in [-0.05, 0) is 41.5 Å². The molecule has 0 aliphatic heterocycles. The quantitative estimate of drug-likeness (QED) is 0.475. The molecule has 2 aliphatic rings. The highest BCUT2D eigenvalue weighted by Crippen LogP contribution is 2.44. The average Bonchev–Trinajstić information content (AvgIpc) is 3.41. The average molecular weight is 478 g/mol. The molecule has 3 N–H and O–H groups in total. The third kappa shape index (κ3) is 4.03. The van der Waals surface area contributed by atoms with Crippen molar-refractivity contribution in [2.75, 3.05) is 6.61 Å². The fourth-order valence-corrected chi connectivity index (χ4v) is 5.21. The van der Waals surface area contributed by atoms with Crippen LogP contribution in [0.1, 0.15) is 51.8 Å². The first-order valence-corrected chi connectivity index (χ1v) is 11.9. The molecule has 5 rings (SSSR count). The topological polar surface area (TPSA) is 118 Å². The number of thiazole rings is 1. The first kappa shape index (κ1) is 22.1. The van der Waals surface area contributed by atoms with Crippen molar-refractivity contribution in [1.82, 2.24) is 15.6 Å². The Kier molecular flexibility index (Phi) is 5.79. The predicted molar refractivity (Wildman–Crippen MR) is 126 cm³/mol. The fourth-order valence-electron chi connectivity index (χ4n) is 4.50. The maximum Gasteiger partial charge on any atom is 0.407 e. The summed E-state index contributed by atoms with van der Waals surface area (Å²) in [5, 5.41) is 16.7. The molecule has 3 aromatic rings. The Morgan fingerprint density at radius 3 is 2.29 bits per heavy atom. The van der Waals surface area contributed by atoms with Crippen LogP contribution in [0.5, 0.6) is 0 Å². The van der Waals surface area contributed by atoms with Crippen molar-refractivity contribution in [3.05, 3.63) is 75.7 Å². The van der Waals surface area contributed by atoms with Gasteiger partial charge in [0, 0.05) is 11.3 Å². The summed E-state index contributed by atoms with van der Waals surface area (Å²) in [4.78, 5) is 40.4. The van der Waals surface area contributed by atoms with Crippen molar-refractivity contribution in [2.24, 2.45) is 0 Å². The Morgan fingerprint density at radius 2 is 1.71 bits per heavy atom. The highest BCUT2D eigenvalue weighted by molar-refractivity contribution is 7.09. The van der Waals surface area contributed by atoms with E-state index in [0.29, 0.717) is 17.8 Å². The Morgan fingerprint density at radius 1 is 1.06 bits per heavy atom. The molecule has 2 amide bonds. The van der Waals surface area contributed by atoms with E-state index >= 15 is 0 Å². The Labute approximate surface area is 200 Å². The highest BCUT2D eigenvalue weighted by atomic mass is 32.1. The number of benzene rings is 2. The van der Waals surface area contributed by atoms with Crippen molar-refractivity contribution < 1.29 is 24.2 Å². The van der Waals surface area contributed by atoms with Gasteiger partial charge in [-0.3, -0.25) is 4.79 Å². The summed E-state index contributed by atoms with van der Waals surface area (Å²) in [6, 6.07) is 16.2. The fraction of sp³-hybridized carbons (Fsp3) is 0.280. The number of nitrogens with zero attached hydrogens (tertiary/aromatic N) is 1. The standard InChI is InChI=1S/C25H23N3O5S/c29-22(28-25(23(30)31)10-5-11-25)20-14-34-21(27-20)12-26-24(32)33-13-19-17-8-3-1-6-15(17)16-7-2-4-9-18(16)19/h1-4,6-9,14,19H,5,10-13H2,(H,26,32)(H,28,29)(H,30,31). The van der Waals surface area contributed by atoms with Crippen molar-refractivity contribution >= 4 is 29.3 Å². The molecule has 0 spiro atoms. The third-order valence-electron chi connectivity index (χ3n) is 6.48. The summed E-state index contributed by atoms with van der Waals surface area (Å²) >= 11 is 1.22. The van der Waals surface area contributed by atoms with Crippen LogP contribution in [0, 0.1) is 0 Å². The molecule has 0 unspecified atom stereocenters. The van der Waals surface area contributed by atoms with Crippen molar-refractivity contribution in [2.45, 2.75) is 37.3 Å². The molecule has 0 saturated heterocycles. The van der Waals surface area contributed by atoms with Gasteiger partial charge < -0.3 is 20.5 Å². The Balaban J connectivity index is 1.15. The van der Waals surface area contributed by atoms with Crippen LogP contribution in [0.15, 0.2) is 53.9 Å².